The fourth-order valence-corrected chi connectivity index (χ4v) is 9.68. The number of rotatable bonds is 5. The van der Waals surface area contributed by atoms with E-state index >= 15 is 0 Å². The third kappa shape index (κ3) is 4.93. The van der Waals surface area contributed by atoms with Crippen LogP contribution in [0, 0.1) is 40.4 Å². The van der Waals surface area contributed by atoms with Crippen LogP contribution in [0.25, 0.3) is 0 Å². The average molecular weight is 583 g/mol. The summed E-state index contributed by atoms with van der Waals surface area (Å²) in [7, 11) is 0. The number of carbonyl (C=O) groups excluding carboxylic acids is 2. The number of hydrogen-bond donors (Lipinski definition) is 1. The zero-order valence-electron chi connectivity index (χ0n) is 26.2. The van der Waals surface area contributed by atoms with Crippen molar-refractivity contribution in [1.29, 1.82) is 0 Å². The molecule has 3 fully saturated rings. The summed E-state index contributed by atoms with van der Waals surface area (Å²) in [6.07, 6.45) is 11.0. The molecule has 1 unspecified atom stereocenters. The number of ketones is 1. The SMILES string of the molecule is CC#C[C@]1(C(=O)COC(C)=O)CC[C@H]2[C@@H]3CC(C)C4=CC(=NO)CCC4=C3[C@@H](c3ccc(N4CCCCC4)cc3)C[C@@]21C. The first-order valence-electron chi connectivity index (χ1n) is 16.3. The van der Waals surface area contributed by atoms with E-state index in [2.05, 4.69) is 66.1 Å². The molecule has 0 bridgehead atoms. The molecule has 228 valence electrons. The van der Waals surface area contributed by atoms with E-state index in [4.69, 9.17) is 4.74 Å². The van der Waals surface area contributed by atoms with Gasteiger partial charge >= 0.3 is 5.97 Å². The number of hydrogen-bond acceptors (Lipinski definition) is 6. The Kier molecular flexibility index (Phi) is 8.05. The molecule has 5 aliphatic rings. The van der Waals surface area contributed by atoms with Gasteiger partial charge in [-0.25, -0.2) is 0 Å². The Balaban J connectivity index is 1.47. The van der Waals surface area contributed by atoms with Crippen LogP contribution in [0.4, 0.5) is 5.69 Å². The first kappa shape index (κ1) is 29.7. The molecule has 6 atom stereocenters. The monoisotopic (exact) mass is 582 g/mol. The number of carbonyl (C=O) groups is 2. The maximum absolute atomic E-state index is 14.1. The Morgan fingerprint density at radius 2 is 1.88 bits per heavy atom. The number of anilines is 1. The zero-order valence-corrected chi connectivity index (χ0v) is 26.2. The maximum atomic E-state index is 14.1. The maximum Gasteiger partial charge on any atom is 0.303 e. The van der Waals surface area contributed by atoms with Gasteiger partial charge in [-0.3, -0.25) is 9.59 Å². The van der Waals surface area contributed by atoms with Gasteiger partial charge in [0.25, 0.3) is 0 Å². The summed E-state index contributed by atoms with van der Waals surface area (Å²) in [4.78, 5) is 28.3. The van der Waals surface area contributed by atoms with Crippen molar-refractivity contribution < 1.29 is 19.5 Å². The molecule has 43 heavy (non-hydrogen) atoms. The Labute approximate surface area is 256 Å². The lowest BCUT2D eigenvalue weighted by Crippen LogP contribution is -2.52. The van der Waals surface area contributed by atoms with E-state index in [1.165, 1.54) is 48.6 Å². The van der Waals surface area contributed by atoms with Gasteiger partial charge < -0.3 is 14.8 Å². The first-order chi connectivity index (χ1) is 20.7. The van der Waals surface area contributed by atoms with E-state index in [-0.39, 0.29) is 23.7 Å². The molecule has 6 rings (SSSR count). The molecule has 1 aliphatic heterocycles. The lowest BCUT2D eigenvalue weighted by molar-refractivity contribution is -0.150. The van der Waals surface area contributed by atoms with Crippen LogP contribution in [0.3, 0.4) is 0 Å². The summed E-state index contributed by atoms with van der Waals surface area (Å²) in [6.45, 7) is 9.81. The molecule has 0 aromatic heterocycles. The number of benzene rings is 1. The number of fused-ring (bicyclic) bond motifs is 4. The summed E-state index contributed by atoms with van der Waals surface area (Å²) >= 11 is 0. The minimum atomic E-state index is -0.841. The largest absolute Gasteiger partial charge is 0.458 e. The van der Waals surface area contributed by atoms with Crippen molar-refractivity contribution in [3.63, 3.8) is 0 Å². The van der Waals surface area contributed by atoms with Gasteiger partial charge in [0.2, 0.25) is 0 Å². The number of allylic oxidation sites excluding steroid dienone is 4. The van der Waals surface area contributed by atoms with Crippen LogP contribution in [0.15, 0.2) is 52.2 Å². The second-order valence-electron chi connectivity index (χ2n) is 13.8. The van der Waals surface area contributed by atoms with Gasteiger partial charge in [-0.1, -0.05) is 42.6 Å². The summed E-state index contributed by atoms with van der Waals surface area (Å²) in [6, 6.07) is 9.26. The minimum Gasteiger partial charge on any atom is -0.458 e. The molecule has 1 heterocycles. The van der Waals surface area contributed by atoms with E-state index < -0.39 is 11.4 Å². The summed E-state index contributed by atoms with van der Waals surface area (Å²) in [5.41, 5.74) is 6.49. The standard InChI is InChI=1S/C37H46N2O4/c1-5-16-37(34(41)23-43-25(3)40)17-15-33-31-20-24(2)30-21-27(38-42)11-14-29(30)35(31)32(22-36(33,37)4)26-9-12-28(13-10-26)39-18-7-6-8-19-39/h9-10,12-13,21,24,31-33,42H,6-8,11,14-15,17-20,22-23H2,1-4H3/t24?,31-,32+,33-,36-,37+/m0/s1. The number of nitrogens with zero attached hydrogens (tertiary/aromatic N) is 2. The van der Waals surface area contributed by atoms with Gasteiger partial charge in [-0.05, 0) is 123 Å². The first-order valence-corrected chi connectivity index (χ1v) is 16.3. The zero-order chi connectivity index (χ0) is 30.4. The van der Waals surface area contributed by atoms with Crippen molar-refractivity contribution >= 4 is 23.2 Å². The molecule has 0 spiro atoms. The predicted molar refractivity (Wildman–Crippen MR) is 169 cm³/mol. The molecular formula is C37H46N2O4. The van der Waals surface area contributed by atoms with E-state index in [1.54, 1.807) is 5.57 Å². The highest BCUT2D eigenvalue weighted by Gasteiger charge is 2.65. The molecule has 4 aliphatic carbocycles. The van der Waals surface area contributed by atoms with Crippen molar-refractivity contribution in [3.05, 3.63) is 52.6 Å². The van der Waals surface area contributed by atoms with E-state index in [9.17, 15) is 14.8 Å². The molecule has 1 aromatic rings. The van der Waals surface area contributed by atoms with Crippen molar-refractivity contribution in [2.45, 2.75) is 91.4 Å². The van der Waals surface area contributed by atoms with Crippen LogP contribution < -0.4 is 4.90 Å². The minimum absolute atomic E-state index is 0.0525. The van der Waals surface area contributed by atoms with Gasteiger partial charge in [0.15, 0.2) is 12.4 Å². The van der Waals surface area contributed by atoms with Gasteiger partial charge in [-0.2, -0.15) is 0 Å². The van der Waals surface area contributed by atoms with Gasteiger partial charge in [0.05, 0.1) is 11.1 Å². The average Bonchev–Trinajstić information content (AvgIpc) is 3.32. The van der Waals surface area contributed by atoms with Gasteiger partial charge in [0.1, 0.15) is 0 Å². The number of ether oxygens (including phenoxy) is 1. The van der Waals surface area contributed by atoms with E-state index in [1.807, 2.05) is 6.92 Å². The normalized spacial score (nSPS) is 34.4. The van der Waals surface area contributed by atoms with E-state index in [0.717, 1.165) is 50.9 Å². The topological polar surface area (TPSA) is 79.2 Å². The Bertz CT molecular complexity index is 1440. The highest BCUT2D eigenvalue weighted by molar-refractivity contribution is 5.97. The summed E-state index contributed by atoms with van der Waals surface area (Å²) in [5, 5.41) is 13.2. The predicted octanol–water partition coefficient (Wildman–Crippen LogP) is 7.23. The highest BCUT2D eigenvalue weighted by atomic mass is 16.5. The van der Waals surface area contributed by atoms with Crippen LogP contribution in [-0.4, -0.2) is 42.4 Å². The Hall–Kier alpha value is -3.33. The van der Waals surface area contributed by atoms with Crippen molar-refractivity contribution in [1.82, 2.24) is 0 Å². The number of esters is 1. The third-order valence-electron chi connectivity index (χ3n) is 11.7. The molecule has 1 saturated heterocycles. The fourth-order valence-electron chi connectivity index (χ4n) is 9.68. The second-order valence-corrected chi connectivity index (χ2v) is 13.8. The number of oxime groups is 1. The lowest BCUT2D eigenvalue weighted by Gasteiger charge is -2.55. The van der Waals surface area contributed by atoms with Gasteiger partial charge in [-0.15, -0.1) is 5.92 Å². The van der Waals surface area contributed by atoms with E-state index in [0.29, 0.717) is 24.2 Å². The van der Waals surface area contributed by atoms with Crippen molar-refractivity contribution in [2.75, 3.05) is 24.6 Å². The molecule has 6 nitrogen and oxygen atoms in total. The molecule has 1 aromatic carbocycles. The van der Waals surface area contributed by atoms with Gasteiger partial charge in [0, 0.05) is 31.6 Å². The van der Waals surface area contributed by atoms with Crippen LogP contribution >= 0.6 is 0 Å². The highest BCUT2D eigenvalue weighted by Crippen LogP contribution is 2.70. The Morgan fingerprint density at radius 3 is 2.56 bits per heavy atom. The lowest BCUT2D eigenvalue weighted by atomic mass is 9.47. The Morgan fingerprint density at radius 1 is 1.14 bits per heavy atom. The molecule has 1 N–H and O–H groups in total. The number of Topliss-reactive ketones (excluding diaryl/α,β-unsaturated/α-hetero) is 1. The molecular weight excluding hydrogens is 536 g/mol. The quantitative estimate of drug-likeness (QED) is 0.172. The second kappa shape index (κ2) is 11.6. The third-order valence-corrected chi connectivity index (χ3v) is 11.7. The molecule has 6 heteroatoms. The fraction of sp³-hybridized carbons (Fsp3) is 0.595. The van der Waals surface area contributed by atoms with Crippen molar-refractivity contribution in [2.24, 2.45) is 33.7 Å². The molecule has 0 amide bonds. The summed E-state index contributed by atoms with van der Waals surface area (Å²) < 4.78 is 5.30. The summed E-state index contributed by atoms with van der Waals surface area (Å²) in [5.74, 6) is 7.28. The van der Waals surface area contributed by atoms with Crippen LogP contribution in [0.5, 0.6) is 0 Å². The van der Waals surface area contributed by atoms with Crippen molar-refractivity contribution in [3.8, 4) is 11.8 Å². The molecule has 2 saturated carbocycles. The van der Waals surface area contributed by atoms with Crippen LogP contribution in [0.1, 0.15) is 97.0 Å². The number of piperidine rings is 1. The smallest absolute Gasteiger partial charge is 0.303 e. The van der Waals surface area contributed by atoms with Crippen LogP contribution in [-0.2, 0) is 14.3 Å². The molecule has 0 radical (unpaired) electrons. The van der Waals surface area contributed by atoms with Crippen LogP contribution in [0.2, 0.25) is 0 Å².